The summed E-state index contributed by atoms with van der Waals surface area (Å²) in [6.45, 7) is 9.13. The zero-order valence-electron chi connectivity index (χ0n) is 25.5. The Kier molecular flexibility index (Phi) is 15.7. The van der Waals surface area contributed by atoms with E-state index >= 15 is 0 Å². The zero-order chi connectivity index (χ0) is 28.4. The van der Waals surface area contributed by atoms with E-state index in [1.807, 2.05) is 0 Å². The van der Waals surface area contributed by atoms with Gasteiger partial charge in [-0.25, -0.2) is 9.59 Å². The monoisotopic (exact) mass is 556 g/mol. The molecule has 2 unspecified atom stereocenters. The molecule has 0 amide bonds. The molecule has 0 aromatic heterocycles. The van der Waals surface area contributed by atoms with E-state index < -0.39 is 0 Å². The van der Waals surface area contributed by atoms with Crippen LogP contribution in [0.3, 0.4) is 0 Å². The quantitative estimate of drug-likeness (QED) is 0.121. The SMILES string of the molecule is CCCCCCCC1CCCN1CCOC(=O)c1ccc(C(=O)OCCN2CCCC2CCCCCCC)cc1. The number of likely N-dealkylation sites (tertiary alicyclic amines) is 2. The van der Waals surface area contributed by atoms with Crippen molar-refractivity contribution in [3.8, 4) is 0 Å². The van der Waals surface area contributed by atoms with Crippen molar-refractivity contribution < 1.29 is 19.1 Å². The predicted octanol–water partition coefficient (Wildman–Crippen LogP) is 7.65. The first-order valence-electron chi connectivity index (χ1n) is 16.5. The lowest BCUT2D eigenvalue weighted by Gasteiger charge is -2.24. The third-order valence-corrected chi connectivity index (χ3v) is 8.86. The molecule has 0 aliphatic carbocycles. The molecule has 3 rings (SSSR count). The molecule has 1 aromatic rings. The molecule has 2 aliphatic heterocycles. The van der Waals surface area contributed by atoms with Crippen LogP contribution in [-0.2, 0) is 9.47 Å². The first-order valence-corrected chi connectivity index (χ1v) is 16.5. The molecule has 6 nitrogen and oxygen atoms in total. The number of nitrogens with zero attached hydrogens (tertiary/aromatic N) is 2. The fourth-order valence-corrected chi connectivity index (χ4v) is 6.42. The van der Waals surface area contributed by atoms with Crippen molar-refractivity contribution in [1.82, 2.24) is 9.80 Å². The maximum Gasteiger partial charge on any atom is 0.338 e. The fraction of sp³-hybridized carbons (Fsp3) is 0.765. The molecule has 2 saturated heterocycles. The molecule has 0 N–H and O–H groups in total. The van der Waals surface area contributed by atoms with Gasteiger partial charge in [-0.15, -0.1) is 0 Å². The van der Waals surface area contributed by atoms with Crippen LogP contribution in [0, 0.1) is 0 Å². The van der Waals surface area contributed by atoms with E-state index in [1.165, 1.54) is 103 Å². The Morgan fingerprint density at radius 3 is 1.45 bits per heavy atom. The van der Waals surface area contributed by atoms with Crippen molar-refractivity contribution in [2.24, 2.45) is 0 Å². The molecule has 40 heavy (non-hydrogen) atoms. The number of carbonyl (C=O) groups is 2. The van der Waals surface area contributed by atoms with Gasteiger partial charge in [-0.2, -0.15) is 0 Å². The highest BCUT2D eigenvalue weighted by Gasteiger charge is 2.25. The highest BCUT2D eigenvalue weighted by Crippen LogP contribution is 2.23. The standard InChI is InChI=1S/C34H56N2O4/c1-3-5-7-9-11-15-31-17-13-23-35(31)25-27-39-33(37)29-19-21-30(22-20-29)34(38)40-28-26-36-24-14-18-32(36)16-12-10-8-6-4-2/h19-22,31-32H,3-18,23-28H2,1-2H3. The van der Waals surface area contributed by atoms with Gasteiger partial charge in [-0.3, -0.25) is 9.80 Å². The summed E-state index contributed by atoms with van der Waals surface area (Å²) in [7, 11) is 0. The summed E-state index contributed by atoms with van der Waals surface area (Å²) in [5.74, 6) is -0.657. The van der Waals surface area contributed by atoms with Crippen molar-refractivity contribution >= 4 is 11.9 Å². The molecular weight excluding hydrogens is 500 g/mol. The van der Waals surface area contributed by atoms with Crippen LogP contribution >= 0.6 is 0 Å². The van der Waals surface area contributed by atoms with Gasteiger partial charge in [0.15, 0.2) is 0 Å². The average molecular weight is 557 g/mol. The number of ether oxygens (including phenoxy) is 2. The molecule has 6 heteroatoms. The molecule has 0 saturated carbocycles. The second kappa shape index (κ2) is 19.2. The van der Waals surface area contributed by atoms with E-state index in [0.717, 1.165) is 26.2 Å². The highest BCUT2D eigenvalue weighted by molar-refractivity contribution is 5.93. The molecule has 2 aliphatic rings. The van der Waals surface area contributed by atoms with E-state index in [-0.39, 0.29) is 11.9 Å². The molecule has 0 bridgehead atoms. The summed E-state index contributed by atoms with van der Waals surface area (Å²) < 4.78 is 11.1. The van der Waals surface area contributed by atoms with Crippen molar-refractivity contribution in [3.05, 3.63) is 35.4 Å². The molecule has 1 aromatic carbocycles. The highest BCUT2D eigenvalue weighted by atomic mass is 16.5. The van der Waals surface area contributed by atoms with Gasteiger partial charge in [-0.1, -0.05) is 78.1 Å². The molecule has 2 fully saturated rings. The largest absolute Gasteiger partial charge is 0.461 e. The van der Waals surface area contributed by atoms with Crippen LogP contribution in [0.2, 0.25) is 0 Å². The van der Waals surface area contributed by atoms with Crippen LogP contribution < -0.4 is 0 Å². The lowest BCUT2D eigenvalue weighted by Crippen LogP contribution is -2.33. The van der Waals surface area contributed by atoms with E-state index in [2.05, 4.69) is 23.6 Å². The summed E-state index contributed by atoms with van der Waals surface area (Å²) >= 11 is 0. The van der Waals surface area contributed by atoms with Crippen molar-refractivity contribution in [3.63, 3.8) is 0 Å². The predicted molar refractivity (Wildman–Crippen MR) is 163 cm³/mol. The van der Waals surface area contributed by atoms with Crippen molar-refractivity contribution in [2.75, 3.05) is 39.4 Å². The second-order valence-electron chi connectivity index (χ2n) is 11.9. The number of hydrogen-bond donors (Lipinski definition) is 0. The summed E-state index contributed by atoms with van der Waals surface area (Å²) in [4.78, 5) is 30.1. The van der Waals surface area contributed by atoms with Crippen LogP contribution in [0.5, 0.6) is 0 Å². The normalized spacial score (nSPS) is 19.8. The van der Waals surface area contributed by atoms with Gasteiger partial charge in [0.1, 0.15) is 13.2 Å². The van der Waals surface area contributed by atoms with E-state index in [1.54, 1.807) is 24.3 Å². The van der Waals surface area contributed by atoms with E-state index in [0.29, 0.717) is 36.4 Å². The van der Waals surface area contributed by atoms with Crippen molar-refractivity contribution in [2.45, 2.75) is 129 Å². The summed E-state index contributed by atoms with van der Waals surface area (Å²) in [5.41, 5.74) is 0.952. The zero-order valence-corrected chi connectivity index (χ0v) is 25.5. The molecule has 0 spiro atoms. The Hall–Kier alpha value is -1.92. The summed E-state index contributed by atoms with van der Waals surface area (Å²) in [6, 6.07) is 7.95. The summed E-state index contributed by atoms with van der Waals surface area (Å²) in [5, 5.41) is 0. The fourth-order valence-electron chi connectivity index (χ4n) is 6.42. The lowest BCUT2D eigenvalue weighted by molar-refractivity contribution is 0.0439. The number of hydrogen-bond acceptors (Lipinski definition) is 6. The van der Waals surface area contributed by atoms with Gasteiger partial charge in [-0.05, 0) is 75.9 Å². The van der Waals surface area contributed by atoms with Gasteiger partial charge in [0.2, 0.25) is 0 Å². The maximum atomic E-state index is 12.6. The molecule has 226 valence electrons. The van der Waals surface area contributed by atoms with Crippen LogP contribution in [0.15, 0.2) is 24.3 Å². The van der Waals surface area contributed by atoms with Gasteiger partial charge in [0.25, 0.3) is 0 Å². The first-order chi connectivity index (χ1) is 19.6. The summed E-state index contributed by atoms with van der Waals surface area (Å²) in [6.07, 6.45) is 20.7. The number of rotatable bonds is 20. The van der Waals surface area contributed by atoms with Crippen LogP contribution in [-0.4, -0.2) is 73.2 Å². The molecule has 0 radical (unpaired) electrons. The van der Waals surface area contributed by atoms with Crippen LogP contribution in [0.4, 0.5) is 0 Å². The third-order valence-electron chi connectivity index (χ3n) is 8.86. The smallest absolute Gasteiger partial charge is 0.338 e. The Labute approximate surface area is 244 Å². The van der Waals surface area contributed by atoms with E-state index in [9.17, 15) is 9.59 Å². The maximum absolute atomic E-state index is 12.6. The Bertz CT molecular complexity index is 774. The topological polar surface area (TPSA) is 59.1 Å². The minimum absolute atomic E-state index is 0.329. The first kappa shape index (κ1) is 32.6. The number of esters is 2. The number of unbranched alkanes of at least 4 members (excludes halogenated alkanes) is 8. The Morgan fingerprint density at radius 1 is 0.650 bits per heavy atom. The van der Waals surface area contributed by atoms with Gasteiger partial charge in [0, 0.05) is 25.2 Å². The van der Waals surface area contributed by atoms with Gasteiger partial charge in [0.05, 0.1) is 11.1 Å². The lowest BCUT2D eigenvalue weighted by atomic mass is 10.0. The average Bonchev–Trinajstić information content (AvgIpc) is 3.62. The van der Waals surface area contributed by atoms with Crippen LogP contribution in [0.25, 0.3) is 0 Å². The Morgan fingerprint density at radius 2 is 1.05 bits per heavy atom. The molecule has 2 heterocycles. The van der Waals surface area contributed by atoms with Gasteiger partial charge < -0.3 is 9.47 Å². The molecule has 2 atom stereocenters. The minimum atomic E-state index is -0.329. The van der Waals surface area contributed by atoms with Gasteiger partial charge >= 0.3 is 11.9 Å². The van der Waals surface area contributed by atoms with Crippen LogP contribution in [0.1, 0.15) is 137 Å². The third kappa shape index (κ3) is 11.5. The number of benzene rings is 1. The van der Waals surface area contributed by atoms with Crippen molar-refractivity contribution in [1.29, 1.82) is 0 Å². The minimum Gasteiger partial charge on any atom is -0.461 e. The second-order valence-corrected chi connectivity index (χ2v) is 11.9. The molecular formula is C34H56N2O4. The van der Waals surface area contributed by atoms with E-state index in [4.69, 9.17) is 9.47 Å². The Balaban J connectivity index is 1.31. The number of carbonyl (C=O) groups excluding carboxylic acids is 2.